The lowest BCUT2D eigenvalue weighted by Gasteiger charge is -2.29. The molecule has 0 saturated heterocycles. The fraction of sp³-hybridized carbons (Fsp3) is 0.375. The standard InChI is InChI=1S/C16H18N2O2/c1-4-20-16(19)18-14(10-17)7-5-13-9-12(11(2)3)6-8-15(13)18/h5-9,11,14H,4H2,1-3H3/t14-/m0/s1. The van der Waals surface area contributed by atoms with Crippen LogP contribution in [0.4, 0.5) is 10.5 Å². The molecule has 1 aromatic carbocycles. The van der Waals surface area contributed by atoms with Crippen molar-refractivity contribution in [2.45, 2.75) is 32.7 Å². The smallest absolute Gasteiger partial charge is 0.415 e. The third-order valence-corrected chi connectivity index (χ3v) is 3.31. The van der Waals surface area contributed by atoms with E-state index in [2.05, 4.69) is 26.0 Å². The number of nitriles is 1. The number of carbonyl (C=O) groups is 1. The Morgan fingerprint density at radius 2 is 2.25 bits per heavy atom. The molecule has 0 aliphatic carbocycles. The summed E-state index contributed by atoms with van der Waals surface area (Å²) < 4.78 is 5.05. The van der Waals surface area contributed by atoms with Crippen LogP contribution in [0.15, 0.2) is 24.3 Å². The van der Waals surface area contributed by atoms with Crippen molar-refractivity contribution in [3.05, 3.63) is 35.4 Å². The summed E-state index contributed by atoms with van der Waals surface area (Å²) in [5.41, 5.74) is 2.87. The van der Waals surface area contributed by atoms with Gasteiger partial charge in [-0.15, -0.1) is 0 Å². The highest BCUT2D eigenvalue weighted by Gasteiger charge is 2.29. The second-order valence-electron chi connectivity index (χ2n) is 4.97. The molecule has 1 atom stereocenters. The molecular formula is C16H18N2O2. The Balaban J connectivity index is 2.45. The molecule has 4 nitrogen and oxygen atoms in total. The van der Waals surface area contributed by atoms with Crippen molar-refractivity contribution in [1.29, 1.82) is 5.26 Å². The van der Waals surface area contributed by atoms with Gasteiger partial charge in [-0.1, -0.05) is 26.0 Å². The number of hydrogen-bond acceptors (Lipinski definition) is 3. The minimum Gasteiger partial charge on any atom is -0.449 e. The van der Waals surface area contributed by atoms with E-state index in [-0.39, 0.29) is 6.61 Å². The first-order chi connectivity index (χ1) is 9.58. The lowest BCUT2D eigenvalue weighted by molar-refractivity contribution is 0.159. The highest BCUT2D eigenvalue weighted by Crippen LogP contribution is 2.32. The van der Waals surface area contributed by atoms with Gasteiger partial charge in [0.15, 0.2) is 0 Å². The Bertz CT molecular complexity index is 585. The van der Waals surface area contributed by atoms with E-state index in [1.54, 1.807) is 13.0 Å². The van der Waals surface area contributed by atoms with Crippen LogP contribution in [-0.2, 0) is 4.74 Å². The van der Waals surface area contributed by atoms with Gasteiger partial charge in [0.25, 0.3) is 0 Å². The molecule has 104 valence electrons. The predicted molar refractivity (Wildman–Crippen MR) is 78.5 cm³/mol. The Morgan fingerprint density at radius 3 is 2.85 bits per heavy atom. The second kappa shape index (κ2) is 5.79. The number of hydrogen-bond donors (Lipinski definition) is 0. The van der Waals surface area contributed by atoms with Gasteiger partial charge < -0.3 is 4.74 Å². The first kappa shape index (κ1) is 14.1. The van der Waals surface area contributed by atoms with E-state index in [0.717, 1.165) is 11.3 Å². The number of carbonyl (C=O) groups excluding carboxylic acids is 1. The Labute approximate surface area is 119 Å². The fourth-order valence-electron chi connectivity index (χ4n) is 2.22. The van der Waals surface area contributed by atoms with Crippen LogP contribution in [0.2, 0.25) is 0 Å². The van der Waals surface area contributed by atoms with Crippen molar-refractivity contribution >= 4 is 17.9 Å². The van der Waals surface area contributed by atoms with Gasteiger partial charge in [-0.05, 0) is 42.2 Å². The van der Waals surface area contributed by atoms with Crippen LogP contribution in [0.1, 0.15) is 37.8 Å². The molecule has 1 aliphatic rings. The van der Waals surface area contributed by atoms with E-state index in [1.807, 2.05) is 18.2 Å². The first-order valence-corrected chi connectivity index (χ1v) is 6.76. The van der Waals surface area contributed by atoms with Crippen molar-refractivity contribution in [3.63, 3.8) is 0 Å². The van der Waals surface area contributed by atoms with Crippen LogP contribution in [0, 0.1) is 11.3 Å². The average Bonchev–Trinajstić information content (AvgIpc) is 2.45. The van der Waals surface area contributed by atoms with Crippen molar-refractivity contribution < 1.29 is 9.53 Å². The molecule has 2 rings (SSSR count). The molecule has 0 fully saturated rings. The van der Waals surface area contributed by atoms with Crippen LogP contribution >= 0.6 is 0 Å². The Kier molecular flexibility index (Phi) is 4.09. The Morgan fingerprint density at radius 1 is 1.50 bits per heavy atom. The van der Waals surface area contributed by atoms with Crippen LogP contribution in [0.3, 0.4) is 0 Å². The van der Waals surface area contributed by atoms with Crippen LogP contribution < -0.4 is 4.90 Å². The van der Waals surface area contributed by atoms with Gasteiger partial charge in [-0.25, -0.2) is 4.79 Å². The van der Waals surface area contributed by atoms with Crippen molar-refractivity contribution in [2.24, 2.45) is 0 Å². The minimum absolute atomic E-state index is 0.288. The molecule has 0 N–H and O–H groups in total. The number of rotatable bonds is 2. The number of amides is 1. The lowest BCUT2D eigenvalue weighted by atomic mass is 9.96. The van der Waals surface area contributed by atoms with Gasteiger partial charge in [-0.3, -0.25) is 4.90 Å². The summed E-state index contributed by atoms with van der Waals surface area (Å²) in [6, 6.07) is 7.42. The van der Waals surface area contributed by atoms with Crippen LogP contribution in [-0.4, -0.2) is 18.7 Å². The van der Waals surface area contributed by atoms with Gasteiger partial charge in [0, 0.05) is 0 Å². The maximum atomic E-state index is 12.1. The van der Waals surface area contributed by atoms with Crippen molar-refractivity contribution in [1.82, 2.24) is 0 Å². The summed E-state index contributed by atoms with van der Waals surface area (Å²) in [7, 11) is 0. The SMILES string of the molecule is CCOC(=O)N1c2ccc(C(C)C)cc2C=C[C@H]1C#N. The molecular weight excluding hydrogens is 252 g/mol. The number of nitrogens with zero attached hydrogens (tertiary/aromatic N) is 2. The third kappa shape index (κ3) is 2.53. The van der Waals surface area contributed by atoms with Crippen molar-refractivity contribution in [3.8, 4) is 6.07 Å². The molecule has 1 amide bonds. The molecule has 20 heavy (non-hydrogen) atoms. The summed E-state index contributed by atoms with van der Waals surface area (Å²) >= 11 is 0. The van der Waals surface area contributed by atoms with E-state index in [9.17, 15) is 10.1 Å². The zero-order valence-corrected chi connectivity index (χ0v) is 12.0. The third-order valence-electron chi connectivity index (χ3n) is 3.31. The molecule has 0 unspecified atom stereocenters. The highest BCUT2D eigenvalue weighted by atomic mass is 16.6. The number of ether oxygens (including phenoxy) is 1. The summed E-state index contributed by atoms with van der Waals surface area (Å²) in [5, 5.41) is 9.20. The molecule has 0 bridgehead atoms. The molecule has 0 radical (unpaired) electrons. The van der Waals surface area contributed by atoms with Crippen molar-refractivity contribution in [2.75, 3.05) is 11.5 Å². The summed E-state index contributed by atoms with van der Waals surface area (Å²) in [4.78, 5) is 13.5. The molecule has 0 aromatic heterocycles. The molecule has 4 heteroatoms. The first-order valence-electron chi connectivity index (χ1n) is 6.76. The normalized spacial score (nSPS) is 16.8. The van der Waals surface area contributed by atoms with Crippen LogP contribution in [0.5, 0.6) is 0 Å². The summed E-state index contributed by atoms with van der Waals surface area (Å²) in [5.74, 6) is 0.415. The fourth-order valence-corrected chi connectivity index (χ4v) is 2.22. The minimum atomic E-state index is -0.619. The molecule has 0 saturated carbocycles. The number of benzene rings is 1. The van der Waals surface area contributed by atoms with Gasteiger partial charge in [0.05, 0.1) is 18.4 Å². The topological polar surface area (TPSA) is 53.3 Å². The van der Waals surface area contributed by atoms with Gasteiger partial charge >= 0.3 is 6.09 Å². The predicted octanol–water partition coefficient (Wildman–Crippen LogP) is 3.69. The van der Waals surface area contributed by atoms with E-state index < -0.39 is 12.1 Å². The molecule has 1 heterocycles. The monoisotopic (exact) mass is 270 g/mol. The average molecular weight is 270 g/mol. The van der Waals surface area contributed by atoms with E-state index in [1.165, 1.54) is 10.5 Å². The van der Waals surface area contributed by atoms with Gasteiger partial charge in [0.2, 0.25) is 0 Å². The molecule has 0 spiro atoms. The largest absolute Gasteiger partial charge is 0.449 e. The van der Waals surface area contributed by atoms with E-state index >= 15 is 0 Å². The number of fused-ring (bicyclic) bond motifs is 1. The quantitative estimate of drug-likeness (QED) is 0.823. The van der Waals surface area contributed by atoms with Crippen LogP contribution in [0.25, 0.3) is 6.08 Å². The molecule has 1 aromatic rings. The lowest BCUT2D eigenvalue weighted by Crippen LogP contribution is -2.40. The zero-order chi connectivity index (χ0) is 14.7. The molecule has 1 aliphatic heterocycles. The maximum Gasteiger partial charge on any atom is 0.415 e. The highest BCUT2D eigenvalue weighted by molar-refractivity contribution is 5.94. The van der Waals surface area contributed by atoms with Gasteiger partial charge in [0.1, 0.15) is 6.04 Å². The summed E-state index contributed by atoms with van der Waals surface area (Å²) in [6.07, 6.45) is 3.13. The summed E-state index contributed by atoms with van der Waals surface area (Å²) in [6.45, 7) is 6.28. The maximum absolute atomic E-state index is 12.1. The second-order valence-corrected chi connectivity index (χ2v) is 4.97. The van der Waals surface area contributed by atoms with E-state index in [4.69, 9.17) is 4.74 Å². The zero-order valence-electron chi connectivity index (χ0n) is 12.0. The van der Waals surface area contributed by atoms with Gasteiger partial charge in [-0.2, -0.15) is 5.26 Å². The number of anilines is 1. The Hall–Kier alpha value is -2.28. The van der Waals surface area contributed by atoms with E-state index in [0.29, 0.717) is 5.92 Å².